The number of nitrogens with zero attached hydrogens (tertiary/aromatic N) is 2. The fraction of sp³-hybridized carbons (Fsp3) is 0.333. The molecule has 1 atom stereocenters. The fourth-order valence-corrected chi connectivity index (χ4v) is 4.46. The van der Waals surface area contributed by atoms with E-state index in [4.69, 9.17) is 9.47 Å². The largest absolute Gasteiger partial charge is 0.507 e. The zero-order valence-electron chi connectivity index (χ0n) is 17.8. The molecule has 7 nitrogen and oxygen atoms in total. The van der Waals surface area contributed by atoms with E-state index in [9.17, 15) is 14.7 Å². The summed E-state index contributed by atoms with van der Waals surface area (Å²) in [6, 6.07) is 13.9. The van der Waals surface area contributed by atoms with Crippen LogP contribution >= 0.6 is 22.6 Å². The Bertz CT molecular complexity index is 1030. The third-order valence-corrected chi connectivity index (χ3v) is 6.55. The number of hydrogen-bond donors (Lipinski definition) is 1. The summed E-state index contributed by atoms with van der Waals surface area (Å²) < 4.78 is 11.7. The first-order chi connectivity index (χ1) is 15.5. The van der Waals surface area contributed by atoms with Gasteiger partial charge in [-0.25, -0.2) is 0 Å². The number of ether oxygens (including phenoxy) is 2. The number of likely N-dealkylation sites (tertiary alicyclic amines) is 1. The van der Waals surface area contributed by atoms with Crippen molar-refractivity contribution in [2.75, 3.05) is 46.5 Å². The monoisotopic (exact) mass is 548 g/mol. The van der Waals surface area contributed by atoms with Gasteiger partial charge in [0.15, 0.2) is 0 Å². The third kappa shape index (κ3) is 4.67. The molecular formula is C24H25IN2O5. The number of rotatable bonds is 6. The Hall–Kier alpha value is -2.43. The van der Waals surface area contributed by atoms with E-state index in [1.54, 1.807) is 29.2 Å². The second-order valence-electron chi connectivity index (χ2n) is 7.73. The summed E-state index contributed by atoms with van der Waals surface area (Å²) in [5.74, 6) is -0.900. The van der Waals surface area contributed by atoms with Crippen molar-refractivity contribution in [3.8, 4) is 5.75 Å². The summed E-state index contributed by atoms with van der Waals surface area (Å²) in [6.45, 7) is 3.93. The highest BCUT2D eigenvalue weighted by molar-refractivity contribution is 14.1. The van der Waals surface area contributed by atoms with E-state index in [1.165, 1.54) is 7.11 Å². The predicted octanol–water partition coefficient (Wildman–Crippen LogP) is 3.05. The average molecular weight is 548 g/mol. The number of hydrogen-bond acceptors (Lipinski definition) is 6. The smallest absolute Gasteiger partial charge is 0.295 e. The summed E-state index contributed by atoms with van der Waals surface area (Å²) in [6.07, 6.45) is 0. The van der Waals surface area contributed by atoms with Gasteiger partial charge in [-0.05, 0) is 52.4 Å². The van der Waals surface area contributed by atoms with Crippen LogP contribution in [-0.4, -0.2) is 73.1 Å². The molecule has 8 heteroatoms. The van der Waals surface area contributed by atoms with E-state index in [-0.39, 0.29) is 11.3 Å². The molecule has 2 aliphatic rings. The van der Waals surface area contributed by atoms with Gasteiger partial charge in [0.2, 0.25) is 0 Å². The number of aliphatic hydroxyl groups is 1. The fourth-order valence-electron chi connectivity index (χ4n) is 4.10. The highest BCUT2D eigenvalue weighted by Crippen LogP contribution is 2.39. The number of carbonyl (C=O) groups is 2. The quantitative estimate of drug-likeness (QED) is 0.259. The van der Waals surface area contributed by atoms with E-state index in [1.807, 2.05) is 24.3 Å². The van der Waals surface area contributed by atoms with E-state index >= 15 is 0 Å². The second-order valence-corrected chi connectivity index (χ2v) is 8.98. The van der Waals surface area contributed by atoms with E-state index < -0.39 is 17.7 Å². The lowest BCUT2D eigenvalue weighted by Gasteiger charge is -2.31. The highest BCUT2D eigenvalue weighted by atomic mass is 127. The van der Waals surface area contributed by atoms with E-state index in [0.29, 0.717) is 37.6 Å². The molecule has 2 aromatic carbocycles. The lowest BCUT2D eigenvalue weighted by Crippen LogP contribution is -2.42. The maximum Gasteiger partial charge on any atom is 0.295 e. The van der Waals surface area contributed by atoms with Crippen molar-refractivity contribution in [1.29, 1.82) is 0 Å². The Morgan fingerprint density at radius 1 is 1.12 bits per heavy atom. The zero-order chi connectivity index (χ0) is 22.7. The van der Waals surface area contributed by atoms with Crippen LogP contribution in [0.3, 0.4) is 0 Å². The number of carbonyl (C=O) groups excluding carboxylic acids is 2. The number of methoxy groups -OCH3 is 1. The maximum absolute atomic E-state index is 13.1. The Kier molecular flexibility index (Phi) is 7.12. The van der Waals surface area contributed by atoms with Crippen LogP contribution in [0.25, 0.3) is 5.76 Å². The van der Waals surface area contributed by atoms with Crippen molar-refractivity contribution >= 4 is 40.0 Å². The number of aliphatic hydroxyl groups excluding tert-OH is 1. The molecule has 1 amide bonds. The summed E-state index contributed by atoms with van der Waals surface area (Å²) in [7, 11) is 1.54. The van der Waals surface area contributed by atoms with Gasteiger partial charge in [-0.2, -0.15) is 0 Å². The van der Waals surface area contributed by atoms with Gasteiger partial charge in [0, 0.05) is 35.3 Å². The molecule has 2 aliphatic heterocycles. The van der Waals surface area contributed by atoms with Crippen LogP contribution in [0.5, 0.6) is 5.75 Å². The van der Waals surface area contributed by atoms with Crippen LogP contribution in [0.2, 0.25) is 0 Å². The lowest BCUT2D eigenvalue weighted by molar-refractivity contribution is -0.140. The van der Waals surface area contributed by atoms with Crippen LogP contribution in [0.4, 0.5) is 0 Å². The molecule has 32 heavy (non-hydrogen) atoms. The van der Waals surface area contributed by atoms with Crippen molar-refractivity contribution in [3.05, 3.63) is 68.8 Å². The Morgan fingerprint density at radius 3 is 2.53 bits per heavy atom. The van der Waals surface area contributed by atoms with E-state index in [2.05, 4.69) is 27.5 Å². The van der Waals surface area contributed by atoms with E-state index in [0.717, 1.165) is 22.2 Å². The van der Waals surface area contributed by atoms with Crippen LogP contribution in [-0.2, 0) is 14.3 Å². The van der Waals surface area contributed by atoms with Crippen molar-refractivity contribution in [2.45, 2.75) is 6.04 Å². The lowest BCUT2D eigenvalue weighted by atomic mass is 9.95. The van der Waals surface area contributed by atoms with Gasteiger partial charge in [0.25, 0.3) is 11.7 Å². The minimum atomic E-state index is -0.671. The number of ketones is 1. The number of amides is 1. The first-order valence-corrected chi connectivity index (χ1v) is 11.6. The van der Waals surface area contributed by atoms with Crippen LogP contribution in [0, 0.1) is 3.57 Å². The summed E-state index contributed by atoms with van der Waals surface area (Å²) in [5.41, 5.74) is 1.33. The van der Waals surface area contributed by atoms with Gasteiger partial charge in [-0.3, -0.25) is 14.5 Å². The number of Topliss-reactive ketones (excluding diaryl/α,β-unsaturated/α-hetero) is 1. The van der Waals surface area contributed by atoms with Gasteiger partial charge in [-0.15, -0.1) is 0 Å². The van der Waals surface area contributed by atoms with Gasteiger partial charge in [0.05, 0.1) is 31.9 Å². The van der Waals surface area contributed by atoms with Crippen molar-refractivity contribution < 1.29 is 24.2 Å². The average Bonchev–Trinajstić information content (AvgIpc) is 3.08. The van der Waals surface area contributed by atoms with Crippen LogP contribution < -0.4 is 4.74 Å². The first kappa shape index (κ1) is 22.8. The minimum Gasteiger partial charge on any atom is -0.507 e. The number of halogens is 1. The maximum atomic E-state index is 13.1. The molecule has 2 aromatic rings. The molecule has 1 unspecified atom stereocenters. The molecule has 0 radical (unpaired) electrons. The molecule has 2 heterocycles. The SMILES string of the molecule is COc1cccc(/C(O)=C2\C(=O)C(=O)N(CCN3CCOCC3)C2c2ccc(I)cc2)c1. The molecule has 0 spiro atoms. The topological polar surface area (TPSA) is 79.3 Å². The van der Waals surface area contributed by atoms with Gasteiger partial charge >= 0.3 is 0 Å². The summed E-state index contributed by atoms with van der Waals surface area (Å²) in [4.78, 5) is 30.0. The standard InChI is InChI=1S/C24H25IN2O5/c1-31-19-4-2-3-17(15-19)22(28)20-21(16-5-7-18(25)8-6-16)27(24(30)23(20)29)10-9-26-11-13-32-14-12-26/h2-8,15,21,28H,9-14H2,1H3/b22-20+. The van der Waals surface area contributed by atoms with Crippen LogP contribution in [0.15, 0.2) is 54.1 Å². The Balaban J connectivity index is 1.73. The molecule has 168 valence electrons. The molecule has 2 fully saturated rings. The van der Waals surface area contributed by atoms with Gasteiger partial charge < -0.3 is 19.5 Å². The van der Waals surface area contributed by atoms with Crippen molar-refractivity contribution in [2.24, 2.45) is 0 Å². The third-order valence-electron chi connectivity index (χ3n) is 5.83. The minimum absolute atomic E-state index is 0.103. The highest BCUT2D eigenvalue weighted by Gasteiger charge is 2.46. The molecular weight excluding hydrogens is 523 g/mol. The molecule has 0 bridgehead atoms. The van der Waals surface area contributed by atoms with Crippen molar-refractivity contribution in [1.82, 2.24) is 9.80 Å². The molecule has 0 aromatic heterocycles. The molecule has 4 rings (SSSR count). The molecule has 0 saturated carbocycles. The van der Waals surface area contributed by atoms with Crippen LogP contribution in [0.1, 0.15) is 17.2 Å². The second kappa shape index (κ2) is 10.0. The number of morpholine rings is 1. The predicted molar refractivity (Wildman–Crippen MR) is 128 cm³/mol. The molecule has 2 saturated heterocycles. The number of benzene rings is 2. The molecule has 1 N–H and O–H groups in total. The Labute approximate surface area is 200 Å². The summed E-state index contributed by atoms with van der Waals surface area (Å²) >= 11 is 2.21. The summed E-state index contributed by atoms with van der Waals surface area (Å²) in [5, 5.41) is 11.1. The zero-order valence-corrected chi connectivity index (χ0v) is 19.9. The first-order valence-electron chi connectivity index (χ1n) is 10.5. The normalized spacial score (nSPS) is 21.2. The van der Waals surface area contributed by atoms with Gasteiger partial charge in [0.1, 0.15) is 11.5 Å². The Morgan fingerprint density at radius 2 is 1.84 bits per heavy atom. The molecule has 0 aliphatic carbocycles. The van der Waals surface area contributed by atoms with Gasteiger partial charge in [-0.1, -0.05) is 24.3 Å². The van der Waals surface area contributed by atoms with Crippen molar-refractivity contribution in [3.63, 3.8) is 0 Å².